The molecule has 0 spiro atoms. The summed E-state index contributed by atoms with van der Waals surface area (Å²) in [6.07, 6.45) is 0. The van der Waals surface area contributed by atoms with Gasteiger partial charge in [-0.15, -0.1) is 0 Å². The number of nitrogens with zero attached hydrogens (tertiary/aromatic N) is 2. The summed E-state index contributed by atoms with van der Waals surface area (Å²) >= 11 is 3.37. The summed E-state index contributed by atoms with van der Waals surface area (Å²) < 4.78 is 0.875. The van der Waals surface area contributed by atoms with Crippen LogP contribution in [0.5, 0.6) is 0 Å². The Hall–Kier alpha value is -1.38. The van der Waals surface area contributed by atoms with Crippen LogP contribution in [0.1, 0.15) is 15.9 Å². The minimum Gasteiger partial charge on any atom is -0.320 e. The number of hydrogen-bond donors (Lipinski definition) is 1. The van der Waals surface area contributed by atoms with E-state index >= 15 is 0 Å². The van der Waals surface area contributed by atoms with Crippen molar-refractivity contribution >= 4 is 21.8 Å². The second-order valence-corrected chi connectivity index (χ2v) is 5.22. The zero-order valence-corrected chi connectivity index (χ0v) is 11.7. The highest BCUT2D eigenvalue weighted by atomic mass is 79.9. The minimum atomic E-state index is -0.385. The molecule has 0 saturated carbocycles. The number of carbonyl (C=O) groups excluding carboxylic acids is 1. The fourth-order valence-electron chi connectivity index (χ4n) is 2.04. The Kier molecular flexibility index (Phi) is 4.00. The molecule has 1 heterocycles. The third-order valence-electron chi connectivity index (χ3n) is 3.08. The van der Waals surface area contributed by atoms with Crippen LogP contribution in [-0.2, 0) is 0 Å². The molecule has 5 heteroatoms. The molecule has 0 aliphatic carbocycles. The highest BCUT2D eigenvalue weighted by Crippen LogP contribution is 2.19. The summed E-state index contributed by atoms with van der Waals surface area (Å²) in [5, 5.41) is 12.2. The highest BCUT2D eigenvalue weighted by Gasteiger charge is 2.27. The molecule has 1 aliphatic heterocycles. The topological polar surface area (TPSA) is 56.1 Å². The Morgan fingerprint density at radius 3 is 3.11 bits per heavy atom. The van der Waals surface area contributed by atoms with Gasteiger partial charge in [-0.2, -0.15) is 5.26 Å². The zero-order chi connectivity index (χ0) is 13.1. The van der Waals surface area contributed by atoms with Gasteiger partial charge in [-0.05, 0) is 24.6 Å². The maximum absolute atomic E-state index is 12.5. The summed E-state index contributed by atoms with van der Waals surface area (Å²) in [4.78, 5) is 14.1. The van der Waals surface area contributed by atoms with Gasteiger partial charge in [0.25, 0.3) is 5.91 Å². The molecule has 4 nitrogen and oxygen atoms in total. The van der Waals surface area contributed by atoms with E-state index in [0.717, 1.165) is 16.6 Å². The second-order valence-electron chi connectivity index (χ2n) is 4.31. The standard InChI is InChI=1S/C13H14BrN3O/c1-9-2-3-10(14)6-12(9)13(18)17-5-4-16-8-11(17)7-15/h2-3,6,11,16H,4-5,8H2,1H3. The smallest absolute Gasteiger partial charge is 0.255 e. The Morgan fingerprint density at radius 2 is 2.39 bits per heavy atom. The Bertz CT molecular complexity index is 509. The van der Waals surface area contributed by atoms with E-state index in [1.165, 1.54) is 0 Å². The first kappa shape index (κ1) is 13.1. The van der Waals surface area contributed by atoms with Crippen molar-refractivity contribution in [3.05, 3.63) is 33.8 Å². The number of nitrogens with one attached hydrogen (secondary N) is 1. The van der Waals surface area contributed by atoms with Crippen molar-refractivity contribution < 1.29 is 4.79 Å². The molecule has 2 rings (SSSR count). The predicted molar refractivity (Wildman–Crippen MR) is 72.2 cm³/mol. The molecule has 1 aromatic carbocycles. The molecule has 1 unspecified atom stereocenters. The van der Waals surface area contributed by atoms with Crippen molar-refractivity contribution in [2.24, 2.45) is 0 Å². The monoisotopic (exact) mass is 307 g/mol. The maximum Gasteiger partial charge on any atom is 0.255 e. The van der Waals surface area contributed by atoms with Crippen molar-refractivity contribution in [1.29, 1.82) is 5.26 Å². The number of carbonyl (C=O) groups is 1. The van der Waals surface area contributed by atoms with E-state index in [4.69, 9.17) is 5.26 Å². The van der Waals surface area contributed by atoms with Gasteiger partial charge in [0.15, 0.2) is 0 Å². The third kappa shape index (κ3) is 2.55. The van der Waals surface area contributed by atoms with Gasteiger partial charge in [-0.1, -0.05) is 22.0 Å². The molecule has 1 aliphatic rings. The van der Waals surface area contributed by atoms with Crippen LogP contribution in [0, 0.1) is 18.3 Å². The second kappa shape index (κ2) is 5.51. The number of benzene rings is 1. The number of aryl methyl sites for hydroxylation is 1. The van der Waals surface area contributed by atoms with Gasteiger partial charge in [0.05, 0.1) is 6.07 Å². The van der Waals surface area contributed by atoms with Crippen molar-refractivity contribution in [2.45, 2.75) is 13.0 Å². The lowest BCUT2D eigenvalue weighted by molar-refractivity contribution is 0.0686. The van der Waals surface area contributed by atoms with Gasteiger partial charge in [-0.3, -0.25) is 4.79 Å². The van der Waals surface area contributed by atoms with Gasteiger partial charge < -0.3 is 10.2 Å². The van der Waals surface area contributed by atoms with E-state index in [-0.39, 0.29) is 11.9 Å². The minimum absolute atomic E-state index is 0.0677. The molecule has 1 atom stereocenters. The molecule has 18 heavy (non-hydrogen) atoms. The van der Waals surface area contributed by atoms with E-state index in [9.17, 15) is 4.79 Å². The number of rotatable bonds is 1. The van der Waals surface area contributed by atoms with Gasteiger partial charge in [0, 0.05) is 29.7 Å². The summed E-state index contributed by atoms with van der Waals surface area (Å²) in [5.41, 5.74) is 1.59. The summed E-state index contributed by atoms with van der Waals surface area (Å²) in [6.45, 7) is 3.75. The van der Waals surface area contributed by atoms with Crippen LogP contribution in [0.3, 0.4) is 0 Å². The van der Waals surface area contributed by atoms with Crippen molar-refractivity contribution in [3.8, 4) is 6.07 Å². The molecular formula is C13H14BrN3O. The molecule has 0 aromatic heterocycles. The van der Waals surface area contributed by atoms with Gasteiger partial charge in [0.2, 0.25) is 0 Å². The quantitative estimate of drug-likeness (QED) is 0.859. The van der Waals surface area contributed by atoms with Gasteiger partial charge >= 0.3 is 0 Å². The molecule has 1 saturated heterocycles. The normalized spacial score (nSPS) is 19.4. The van der Waals surface area contributed by atoms with E-state index in [2.05, 4.69) is 27.3 Å². The van der Waals surface area contributed by atoms with Gasteiger partial charge in [-0.25, -0.2) is 0 Å². The molecule has 1 N–H and O–H groups in total. The van der Waals surface area contributed by atoms with Crippen molar-refractivity contribution in [2.75, 3.05) is 19.6 Å². The molecule has 0 radical (unpaired) electrons. The van der Waals surface area contributed by atoms with E-state index in [1.54, 1.807) is 4.90 Å². The van der Waals surface area contributed by atoms with Crippen molar-refractivity contribution in [3.63, 3.8) is 0 Å². The van der Waals surface area contributed by atoms with Crippen LogP contribution in [-0.4, -0.2) is 36.5 Å². The first-order valence-corrected chi connectivity index (χ1v) is 6.60. The molecule has 1 aromatic rings. The highest BCUT2D eigenvalue weighted by molar-refractivity contribution is 9.10. The van der Waals surface area contributed by atoms with Crippen LogP contribution >= 0.6 is 15.9 Å². The zero-order valence-electron chi connectivity index (χ0n) is 10.1. The van der Waals surface area contributed by atoms with E-state index < -0.39 is 0 Å². The number of amides is 1. The summed E-state index contributed by atoms with van der Waals surface area (Å²) in [6, 6.07) is 7.41. The predicted octanol–water partition coefficient (Wildman–Crippen LogP) is 1.70. The molecule has 0 bridgehead atoms. The molecule has 1 amide bonds. The average Bonchev–Trinajstić information content (AvgIpc) is 2.40. The molecule has 1 fully saturated rings. The van der Waals surface area contributed by atoms with Crippen LogP contribution in [0.25, 0.3) is 0 Å². The van der Waals surface area contributed by atoms with Gasteiger partial charge in [0.1, 0.15) is 6.04 Å². The summed E-state index contributed by atoms with van der Waals surface area (Å²) in [7, 11) is 0. The van der Waals surface area contributed by atoms with E-state index in [0.29, 0.717) is 18.7 Å². The van der Waals surface area contributed by atoms with E-state index in [1.807, 2.05) is 25.1 Å². The lowest BCUT2D eigenvalue weighted by atomic mass is 10.1. The largest absolute Gasteiger partial charge is 0.320 e. The maximum atomic E-state index is 12.5. The third-order valence-corrected chi connectivity index (χ3v) is 3.58. The summed E-state index contributed by atoms with van der Waals surface area (Å²) in [5.74, 6) is -0.0677. The number of hydrogen-bond acceptors (Lipinski definition) is 3. The average molecular weight is 308 g/mol. The van der Waals surface area contributed by atoms with Crippen LogP contribution in [0.15, 0.2) is 22.7 Å². The lowest BCUT2D eigenvalue weighted by Crippen LogP contribution is -2.53. The van der Waals surface area contributed by atoms with Crippen molar-refractivity contribution in [1.82, 2.24) is 10.2 Å². The number of piperazine rings is 1. The van der Waals surface area contributed by atoms with Crippen LogP contribution in [0.4, 0.5) is 0 Å². The SMILES string of the molecule is Cc1ccc(Br)cc1C(=O)N1CCNCC1C#N. The Labute approximate surface area is 115 Å². The van der Waals surface area contributed by atoms with Crippen LogP contribution in [0.2, 0.25) is 0 Å². The molecule has 94 valence electrons. The fourth-order valence-corrected chi connectivity index (χ4v) is 2.40. The number of nitriles is 1. The Balaban J connectivity index is 2.30. The molecular weight excluding hydrogens is 294 g/mol. The first-order chi connectivity index (χ1) is 8.63. The number of halogens is 1. The first-order valence-electron chi connectivity index (χ1n) is 5.81. The Morgan fingerprint density at radius 1 is 1.61 bits per heavy atom. The lowest BCUT2D eigenvalue weighted by Gasteiger charge is -2.32. The fraction of sp³-hybridized carbons (Fsp3) is 0.385. The van der Waals surface area contributed by atoms with Crippen LogP contribution < -0.4 is 5.32 Å².